The average Bonchev–Trinajstić information content (AvgIpc) is 2.75. The van der Waals surface area contributed by atoms with Crippen LogP contribution in [0, 0.1) is 13.8 Å². The quantitative estimate of drug-likeness (QED) is 0.935. The van der Waals surface area contributed by atoms with Crippen molar-refractivity contribution >= 4 is 21.6 Å². The van der Waals surface area contributed by atoms with E-state index in [1.807, 2.05) is 0 Å². The van der Waals surface area contributed by atoms with Crippen molar-refractivity contribution < 1.29 is 17.6 Å². The number of carbonyl (C=O) groups is 1. The molecule has 0 saturated heterocycles. The molecule has 1 aromatic carbocycles. The van der Waals surface area contributed by atoms with Gasteiger partial charge in [-0.1, -0.05) is 0 Å². The Kier molecular flexibility index (Phi) is 3.89. The third-order valence-electron chi connectivity index (χ3n) is 3.13. The summed E-state index contributed by atoms with van der Waals surface area (Å²) in [6, 6.07) is 7.45. The maximum atomic E-state index is 12.4. The van der Waals surface area contributed by atoms with Gasteiger partial charge in [0, 0.05) is 12.7 Å². The van der Waals surface area contributed by atoms with Crippen LogP contribution in [-0.2, 0) is 10.0 Å². The van der Waals surface area contributed by atoms with Crippen LogP contribution in [0.4, 0.5) is 5.69 Å². The highest BCUT2D eigenvalue weighted by Crippen LogP contribution is 2.21. The summed E-state index contributed by atoms with van der Waals surface area (Å²) in [5, 5.41) is 5.04. The molecule has 0 aliphatic carbocycles. The molecule has 112 valence electrons. The molecule has 0 aliphatic heterocycles. The number of sulfonamides is 1. The summed E-state index contributed by atoms with van der Waals surface area (Å²) in [5.74, 6) is 0.979. The molecule has 0 fully saturated rings. The van der Waals surface area contributed by atoms with Crippen LogP contribution in [0.25, 0.3) is 0 Å². The van der Waals surface area contributed by atoms with Gasteiger partial charge in [0.1, 0.15) is 11.5 Å². The Bertz CT molecular complexity index is 776. The summed E-state index contributed by atoms with van der Waals surface area (Å²) in [4.78, 5) is 13.8. The maximum absolute atomic E-state index is 12.4. The molecule has 1 heterocycles. The summed E-state index contributed by atoms with van der Waals surface area (Å²) in [7, 11) is -2.13. The number of rotatable bonds is 3. The summed E-state index contributed by atoms with van der Waals surface area (Å²) in [6.45, 7) is 3.49. The fourth-order valence-corrected chi connectivity index (χ4v) is 2.52. The van der Waals surface area contributed by atoms with Gasteiger partial charge in [0.15, 0.2) is 0 Å². The van der Waals surface area contributed by atoms with E-state index in [1.165, 1.54) is 29.2 Å². The fourth-order valence-electron chi connectivity index (χ4n) is 2.00. The van der Waals surface area contributed by atoms with Gasteiger partial charge in [-0.3, -0.25) is 4.79 Å². The fraction of sp³-hybridized carbons (Fsp3) is 0.214. The minimum Gasteiger partial charge on any atom is -0.466 e. The SMILES string of the molecule is Cc1cc(C(=O)N(C)c2ccc(S(N)(=O)=O)cc2)c(C)o1. The summed E-state index contributed by atoms with van der Waals surface area (Å²) in [5.41, 5.74) is 1.04. The smallest absolute Gasteiger partial charge is 0.261 e. The first-order valence-corrected chi connectivity index (χ1v) is 7.72. The van der Waals surface area contributed by atoms with E-state index in [0.29, 0.717) is 22.8 Å². The number of aryl methyl sites for hydroxylation is 2. The van der Waals surface area contributed by atoms with E-state index in [2.05, 4.69) is 0 Å². The molecular formula is C14H16N2O4S. The van der Waals surface area contributed by atoms with Crippen LogP contribution in [0.15, 0.2) is 39.6 Å². The Morgan fingerprint density at radius 3 is 2.19 bits per heavy atom. The molecule has 6 nitrogen and oxygen atoms in total. The second kappa shape index (κ2) is 5.34. The summed E-state index contributed by atoms with van der Waals surface area (Å²) < 4.78 is 27.7. The van der Waals surface area contributed by atoms with E-state index in [0.717, 1.165) is 0 Å². The van der Waals surface area contributed by atoms with Crippen LogP contribution in [0.5, 0.6) is 0 Å². The molecule has 21 heavy (non-hydrogen) atoms. The van der Waals surface area contributed by atoms with Gasteiger partial charge in [0.25, 0.3) is 5.91 Å². The molecule has 2 rings (SSSR count). The largest absolute Gasteiger partial charge is 0.466 e. The molecule has 0 aliphatic rings. The van der Waals surface area contributed by atoms with Crippen molar-refractivity contribution in [2.24, 2.45) is 5.14 Å². The Labute approximate surface area is 123 Å². The predicted molar refractivity (Wildman–Crippen MR) is 78.7 cm³/mol. The van der Waals surface area contributed by atoms with Crippen LogP contribution in [0.1, 0.15) is 21.9 Å². The molecule has 0 atom stereocenters. The lowest BCUT2D eigenvalue weighted by molar-refractivity contribution is 0.0991. The summed E-state index contributed by atoms with van der Waals surface area (Å²) in [6.07, 6.45) is 0. The first-order chi connectivity index (χ1) is 9.70. The molecular weight excluding hydrogens is 292 g/mol. The average molecular weight is 308 g/mol. The van der Waals surface area contributed by atoms with Crippen molar-refractivity contribution in [1.82, 2.24) is 0 Å². The molecule has 0 unspecified atom stereocenters. The Morgan fingerprint density at radius 1 is 1.19 bits per heavy atom. The molecule has 1 amide bonds. The second-order valence-corrected chi connectivity index (χ2v) is 6.29. The van der Waals surface area contributed by atoms with Gasteiger partial charge < -0.3 is 9.32 Å². The van der Waals surface area contributed by atoms with Crippen molar-refractivity contribution in [2.75, 3.05) is 11.9 Å². The summed E-state index contributed by atoms with van der Waals surface area (Å²) >= 11 is 0. The topological polar surface area (TPSA) is 93.6 Å². The standard InChI is InChI=1S/C14H16N2O4S/c1-9-8-13(10(2)20-9)14(17)16(3)11-4-6-12(7-5-11)21(15,18)19/h4-8H,1-3H3,(H2,15,18,19). The highest BCUT2D eigenvalue weighted by Gasteiger charge is 2.19. The van der Waals surface area contributed by atoms with Gasteiger partial charge in [-0.05, 0) is 44.2 Å². The number of hydrogen-bond acceptors (Lipinski definition) is 4. The number of benzene rings is 1. The molecule has 2 N–H and O–H groups in total. The Balaban J connectivity index is 2.30. The van der Waals surface area contributed by atoms with Gasteiger partial charge in [-0.25, -0.2) is 13.6 Å². The van der Waals surface area contributed by atoms with Crippen molar-refractivity contribution in [3.05, 3.63) is 47.4 Å². The van der Waals surface area contributed by atoms with Gasteiger partial charge in [0.05, 0.1) is 10.5 Å². The zero-order valence-electron chi connectivity index (χ0n) is 12.0. The van der Waals surface area contributed by atoms with E-state index < -0.39 is 10.0 Å². The lowest BCUT2D eigenvalue weighted by Gasteiger charge is -2.17. The lowest BCUT2D eigenvalue weighted by Crippen LogP contribution is -2.26. The number of carbonyl (C=O) groups excluding carboxylic acids is 1. The van der Waals surface area contributed by atoms with Crippen molar-refractivity contribution in [3.63, 3.8) is 0 Å². The number of hydrogen-bond donors (Lipinski definition) is 1. The van der Waals surface area contributed by atoms with Gasteiger partial charge >= 0.3 is 0 Å². The van der Waals surface area contributed by atoms with Gasteiger partial charge in [-0.15, -0.1) is 0 Å². The lowest BCUT2D eigenvalue weighted by atomic mass is 10.2. The molecule has 1 aromatic heterocycles. The number of nitrogens with two attached hydrogens (primary N) is 1. The number of anilines is 1. The number of primary sulfonamides is 1. The highest BCUT2D eigenvalue weighted by atomic mass is 32.2. The number of nitrogens with zero attached hydrogens (tertiary/aromatic N) is 1. The van der Waals surface area contributed by atoms with Crippen LogP contribution in [0.2, 0.25) is 0 Å². The molecule has 2 aromatic rings. The first kappa shape index (κ1) is 15.3. The second-order valence-electron chi connectivity index (χ2n) is 4.73. The number of amides is 1. The zero-order valence-corrected chi connectivity index (χ0v) is 12.8. The molecule has 0 spiro atoms. The van der Waals surface area contributed by atoms with Crippen LogP contribution in [0.3, 0.4) is 0 Å². The predicted octanol–water partition coefficient (Wildman–Crippen LogP) is 1.82. The van der Waals surface area contributed by atoms with Crippen molar-refractivity contribution in [2.45, 2.75) is 18.7 Å². The molecule has 0 bridgehead atoms. The van der Waals surface area contributed by atoms with Crippen LogP contribution < -0.4 is 10.0 Å². The Morgan fingerprint density at radius 2 is 1.76 bits per heavy atom. The normalized spacial score (nSPS) is 11.4. The first-order valence-electron chi connectivity index (χ1n) is 6.18. The number of furan rings is 1. The van der Waals surface area contributed by atoms with Crippen molar-refractivity contribution in [3.8, 4) is 0 Å². The van der Waals surface area contributed by atoms with E-state index >= 15 is 0 Å². The van der Waals surface area contributed by atoms with E-state index in [9.17, 15) is 13.2 Å². The third kappa shape index (κ3) is 3.14. The van der Waals surface area contributed by atoms with Gasteiger partial charge in [-0.2, -0.15) is 0 Å². The highest BCUT2D eigenvalue weighted by molar-refractivity contribution is 7.89. The molecule has 0 saturated carbocycles. The minimum absolute atomic E-state index is 0.00225. The zero-order chi connectivity index (χ0) is 15.8. The van der Waals surface area contributed by atoms with E-state index in [1.54, 1.807) is 27.0 Å². The van der Waals surface area contributed by atoms with Crippen LogP contribution >= 0.6 is 0 Å². The monoisotopic (exact) mass is 308 g/mol. The van der Waals surface area contributed by atoms with Crippen LogP contribution in [-0.4, -0.2) is 21.4 Å². The van der Waals surface area contributed by atoms with Crippen molar-refractivity contribution in [1.29, 1.82) is 0 Å². The third-order valence-corrected chi connectivity index (χ3v) is 4.06. The van der Waals surface area contributed by atoms with Gasteiger partial charge in [0.2, 0.25) is 10.0 Å². The Hall–Kier alpha value is -2.12. The molecule has 0 radical (unpaired) electrons. The maximum Gasteiger partial charge on any atom is 0.261 e. The van der Waals surface area contributed by atoms with E-state index in [4.69, 9.17) is 9.56 Å². The van der Waals surface area contributed by atoms with E-state index in [-0.39, 0.29) is 10.8 Å². The minimum atomic E-state index is -3.74. The molecule has 7 heteroatoms.